The molecule has 0 aromatic heterocycles. The molecular formula is C19H20. The van der Waals surface area contributed by atoms with Crippen LogP contribution in [0.1, 0.15) is 43.7 Å². The maximum Gasteiger partial charge on any atom is 0.0215 e. The van der Waals surface area contributed by atoms with E-state index in [2.05, 4.69) is 55.5 Å². The third kappa shape index (κ3) is 1.40. The predicted octanol–water partition coefficient (Wildman–Crippen LogP) is 5.16. The number of rotatable bonds is 1. The van der Waals surface area contributed by atoms with E-state index in [-0.39, 0.29) is 5.41 Å². The maximum absolute atomic E-state index is 2.48. The molecule has 2 aromatic carbocycles. The summed E-state index contributed by atoms with van der Waals surface area (Å²) in [5, 5.41) is 0. The molecule has 0 atom stereocenters. The van der Waals surface area contributed by atoms with Gasteiger partial charge in [-0.3, -0.25) is 0 Å². The third-order valence-electron chi connectivity index (χ3n) is 5.43. The smallest absolute Gasteiger partial charge is 0.0215 e. The molecule has 2 aliphatic carbocycles. The second-order valence-corrected chi connectivity index (χ2v) is 6.27. The van der Waals surface area contributed by atoms with Gasteiger partial charge < -0.3 is 0 Å². The Morgan fingerprint density at radius 1 is 0.789 bits per heavy atom. The molecule has 1 fully saturated rings. The molecule has 2 aliphatic rings. The summed E-state index contributed by atoms with van der Waals surface area (Å²) >= 11 is 0. The van der Waals surface area contributed by atoms with Crippen molar-refractivity contribution in [3.05, 3.63) is 59.7 Å². The number of hydrogen-bond donors (Lipinski definition) is 0. The van der Waals surface area contributed by atoms with Gasteiger partial charge in [0, 0.05) is 5.41 Å². The second kappa shape index (κ2) is 3.96. The number of fused-ring (bicyclic) bond motifs is 3. The molecule has 0 heterocycles. The maximum atomic E-state index is 2.48. The van der Waals surface area contributed by atoms with Gasteiger partial charge in [-0.15, -0.1) is 0 Å². The van der Waals surface area contributed by atoms with Gasteiger partial charge in [-0.25, -0.2) is 0 Å². The molecule has 0 aliphatic heterocycles. The van der Waals surface area contributed by atoms with Gasteiger partial charge in [0.05, 0.1) is 0 Å². The van der Waals surface area contributed by atoms with E-state index in [0.29, 0.717) is 0 Å². The minimum atomic E-state index is 0.240. The van der Waals surface area contributed by atoms with Crippen LogP contribution in [0.4, 0.5) is 0 Å². The average Bonchev–Trinajstić information content (AvgIpc) is 3.08. The zero-order valence-electron chi connectivity index (χ0n) is 11.5. The second-order valence-electron chi connectivity index (χ2n) is 6.27. The SMILES string of the molecule is CC1(C2CCCC2)c2ccccc2-c2ccccc21. The summed E-state index contributed by atoms with van der Waals surface area (Å²) in [4.78, 5) is 0. The molecule has 0 N–H and O–H groups in total. The normalized spacial score (nSPS) is 20.3. The Labute approximate surface area is 115 Å². The van der Waals surface area contributed by atoms with E-state index in [1.54, 1.807) is 11.1 Å². The van der Waals surface area contributed by atoms with Gasteiger partial charge >= 0.3 is 0 Å². The van der Waals surface area contributed by atoms with Crippen molar-refractivity contribution in [1.82, 2.24) is 0 Å². The van der Waals surface area contributed by atoms with Gasteiger partial charge in [0.2, 0.25) is 0 Å². The van der Waals surface area contributed by atoms with Crippen LogP contribution in [0.3, 0.4) is 0 Å². The first-order valence-corrected chi connectivity index (χ1v) is 7.51. The topological polar surface area (TPSA) is 0 Å². The Morgan fingerprint density at radius 2 is 1.26 bits per heavy atom. The third-order valence-corrected chi connectivity index (χ3v) is 5.43. The molecule has 0 heteroatoms. The van der Waals surface area contributed by atoms with E-state index >= 15 is 0 Å². The highest BCUT2D eigenvalue weighted by molar-refractivity contribution is 5.80. The fraction of sp³-hybridized carbons (Fsp3) is 0.368. The summed E-state index contributed by atoms with van der Waals surface area (Å²) in [6.45, 7) is 2.48. The van der Waals surface area contributed by atoms with Crippen LogP contribution in [-0.4, -0.2) is 0 Å². The van der Waals surface area contributed by atoms with Crippen LogP contribution >= 0.6 is 0 Å². The van der Waals surface area contributed by atoms with Crippen LogP contribution in [0.25, 0.3) is 11.1 Å². The van der Waals surface area contributed by atoms with E-state index in [1.807, 2.05) is 0 Å². The molecule has 0 nitrogen and oxygen atoms in total. The van der Waals surface area contributed by atoms with Gasteiger partial charge in [0.1, 0.15) is 0 Å². The van der Waals surface area contributed by atoms with Gasteiger partial charge in [-0.05, 0) is 41.0 Å². The molecular weight excluding hydrogens is 228 g/mol. The van der Waals surface area contributed by atoms with Crippen molar-refractivity contribution in [2.45, 2.75) is 38.0 Å². The quantitative estimate of drug-likeness (QED) is 0.653. The van der Waals surface area contributed by atoms with Gasteiger partial charge in [0.25, 0.3) is 0 Å². The van der Waals surface area contributed by atoms with Crippen molar-refractivity contribution in [2.24, 2.45) is 5.92 Å². The number of benzene rings is 2. The first-order chi connectivity index (χ1) is 9.32. The Kier molecular flexibility index (Phi) is 2.35. The van der Waals surface area contributed by atoms with Crippen LogP contribution in [0.2, 0.25) is 0 Å². The van der Waals surface area contributed by atoms with Crippen LogP contribution in [0.15, 0.2) is 48.5 Å². The van der Waals surface area contributed by atoms with Gasteiger partial charge in [-0.2, -0.15) is 0 Å². The predicted molar refractivity (Wildman–Crippen MR) is 80.3 cm³/mol. The van der Waals surface area contributed by atoms with Gasteiger partial charge in [0.15, 0.2) is 0 Å². The lowest BCUT2D eigenvalue weighted by molar-refractivity contribution is 0.361. The van der Waals surface area contributed by atoms with Crippen LogP contribution in [0, 0.1) is 5.92 Å². The fourth-order valence-corrected chi connectivity index (χ4v) is 4.43. The van der Waals surface area contributed by atoms with Crippen LogP contribution in [0.5, 0.6) is 0 Å². The largest absolute Gasteiger partial charge is 0.0619 e. The molecule has 19 heavy (non-hydrogen) atoms. The summed E-state index contributed by atoms with van der Waals surface area (Å²) in [5.74, 6) is 0.817. The zero-order chi connectivity index (χ0) is 12.9. The van der Waals surface area contributed by atoms with E-state index in [4.69, 9.17) is 0 Å². The Morgan fingerprint density at radius 3 is 1.79 bits per heavy atom. The first kappa shape index (κ1) is 11.3. The van der Waals surface area contributed by atoms with Crippen LogP contribution < -0.4 is 0 Å². The minimum Gasteiger partial charge on any atom is -0.0619 e. The molecule has 1 saturated carbocycles. The van der Waals surface area contributed by atoms with E-state index in [9.17, 15) is 0 Å². The molecule has 0 radical (unpaired) electrons. The van der Waals surface area contributed by atoms with E-state index in [0.717, 1.165) is 5.92 Å². The Bertz CT molecular complexity index is 572. The summed E-state index contributed by atoms with van der Waals surface area (Å²) < 4.78 is 0. The zero-order valence-corrected chi connectivity index (χ0v) is 11.5. The number of hydrogen-bond acceptors (Lipinski definition) is 0. The summed E-state index contributed by atoms with van der Waals surface area (Å²) in [6, 6.07) is 18.1. The first-order valence-electron chi connectivity index (χ1n) is 7.51. The highest BCUT2D eigenvalue weighted by Crippen LogP contribution is 2.55. The van der Waals surface area contributed by atoms with Crippen molar-refractivity contribution in [1.29, 1.82) is 0 Å². The minimum absolute atomic E-state index is 0.240. The molecule has 96 valence electrons. The standard InChI is InChI=1S/C19H20/c1-19(14-8-2-3-9-14)17-12-6-4-10-15(17)16-11-5-7-13-18(16)19/h4-7,10-14H,2-3,8-9H2,1H3. The molecule has 0 saturated heterocycles. The lowest BCUT2D eigenvalue weighted by Gasteiger charge is -2.34. The fourth-order valence-electron chi connectivity index (χ4n) is 4.43. The lowest BCUT2D eigenvalue weighted by atomic mass is 9.69. The van der Waals surface area contributed by atoms with Crippen LogP contribution in [-0.2, 0) is 5.41 Å². The van der Waals surface area contributed by atoms with Crippen molar-refractivity contribution in [3.63, 3.8) is 0 Å². The van der Waals surface area contributed by atoms with Crippen molar-refractivity contribution >= 4 is 0 Å². The summed E-state index contributed by atoms with van der Waals surface area (Å²) in [5.41, 5.74) is 6.29. The summed E-state index contributed by atoms with van der Waals surface area (Å²) in [6.07, 6.45) is 5.59. The monoisotopic (exact) mass is 248 g/mol. The molecule has 2 aromatic rings. The Balaban J connectivity index is 2.00. The molecule has 0 spiro atoms. The van der Waals surface area contributed by atoms with Crippen molar-refractivity contribution < 1.29 is 0 Å². The molecule has 0 unspecified atom stereocenters. The highest BCUT2D eigenvalue weighted by atomic mass is 14.5. The van der Waals surface area contributed by atoms with Gasteiger partial charge in [-0.1, -0.05) is 68.3 Å². The molecule has 0 bridgehead atoms. The lowest BCUT2D eigenvalue weighted by Crippen LogP contribution is -2.29. The van der Waals surface area contributed by atoms with E-state index < -0.39 is 0 Å². The van der Waals surface area contributed by atoms with Crippen molar-refractivity contribution in [3.8, 4) is 11.1 Å². The molecule has 0 amide bonds. The van der Waals surface area contributed by atoms with E-state index in [1.165, 1.54) is 36.8 Å². The summed E-state index contributed by atoms with van der Waals surface area (Å²) in [7, 11) is 0. The average molecular weight is 248 g/mol. The highest BCUT2D eigenvalue weighted by Gasteiger charge is 2.45. The van der Waals surface area contributed by atoms with Crippen molar-refractivity contribution in [2.75, 3.05) is 0 Å². The Hall–Kier alpha value is -1.56. The molecule has 4 rings (SSSR count).